The molecule has 0 aromatic carbocycles. The monoisotopic (exact) mass is 184 g/mol. The molecule has 0 bridgehead atoms. The molecule has 4 nitrogen and oxygen atoms in total. The Bertz CT molecular complexity index is 550. The van der Waals surface area contributed by atoms with Crippen LogP contribution in [0.1, 0.15) is 0 Å². The molecule has 0 radical (unpaired) electrons. The Kier molecular flexibility index (Phi) is 1.41. The van der Waals surface area contributed by atoms with Gasteiger partial charge in [-0.05, 0) is 24.3 Å². The topological polar surface area (TPSA) is 35.6 Å². The molecule has 0 aliphatic carbocycles. The van der Waals surface area contributed by atoms with Crippen molar-refractivity contribution in [2.24, 2.45) is 0 Å². The van der Waals surface area contributed by atoms with Crippen molar-refractivity contribution < 1.29 is 0 Å². The van der Waals surface area contributed by atoms with E-state index >= 15 is 0 Å². The molecule has 0 unspecified atom stereocenters. The summed E-state index contributed by atoms with van der Waals surface area (Å²) in [7, 11) is 0. The predicted molar refractivity (Wildman–Crippen MR) is 52.8 cm³/mol. The zero-order valence-electron chi connectivity index (χ0n) is 7.41. The van der Waals surface area contributed by atoms with Crippen LogP contribution in [0.25, 0.3) is 11.2 Å². The lowest BCUT2D eigenvalue weighted by molar-refractivity contribution is 0.685. The van der Waals surface area contributed by atoms with Gasteiger partial charge in [-0.1, -0.05) is 0 Å². The fourth-order valence-corrected chi connectivity index (χ4v) is 1.49. The summed E-state index contributed by atoms with van der Waals surface area (Å²) in [6.45, 7) is 0. The molecule has 68 valence electrons. The highest BCUT2D eigenvalue weighted by molar-refractivity contribution is 5.70. The molecule has 3 rings (SSSR count). The van der Waals surface area contributed by atoms with Gasteiger partial charge in [0.1, 0.15) is 11.8 Å². The number of aromatic nitrogens is 4. The minimum Gasteiger partial charge on any atom is -0.263 e. The van der Waals surface area contributed by atoms with E-state index in [2.05, 4.69) is 9.97 Å². The lowest BCUT2D eigenvalue weighted by atomic mass is 10.4. The molecule has 0 saturated heterocycles. The Labute approximate surface area is 80.4 Å². The van der Waals surface area contributed by atoms with Gasteiger partial charge in [0.05, 0.1) is 0 Å². The normalized spacial score (nSPS) is 10.9. The summed E-state index contributed by atoms with van der Waals surface area (Å²) in [6.07, 6.45) is 7.44. The maximum Gasteiger partial charge on any atom is 0.179 e. The van der Waals surface area contributed by atoms with Gasteiger partial charge in [-0.15, -0.1) is 0 Å². The molecule has 0 fully saturated rings. The minimum absolute atomic E-state index is 0.765. The second-order valence-electron chi connectivity index (χ2n) is 3.00. The van der Waals surface area contributed by atoms with E-state index in [4.69, 9.17) is 0 Å². The standard InChI is InChI=1S/C10H8N4/c1-2-7-13(6-1)14-8-12-10-9(14)4-3-5-11-10/h1-8H. The second kappa shape index (κ2) is 2.70. The SMILES string of the molecule is c1cnc2ncn(-n3cccc3)c2c1. The molecule has 4 heteroatoms. The van der Waals surface area contributed by atoms with Crippen molar-refractivity contribution in [1.29, 1.82) is 0 Å². The van der Waals surface area contributed by atoms with E-state index in [1.807, 2.05) is 46.0 Å². The number of rotatable bonds is 1. The molecule has 3 aromatic rings. The quantitative estimate of drug-likeness (QED) is 0.575. The summed E-state index contributed by atoms with van der Waals surface area (Å²) < 4.78 is 3.90. The summed E-state index contributed by atoms with van der Waals surface area (Å²) in [5.41, 5.74) is 1.77. The Balaban J connectivity index is 2.33. The molecule has 0 saturated carbocycles. The second-order valence-corrected chi connectivity index (χ2v) is 3.00. The lowest BCUT2D eigenvalue weighted by Crippen LogP contribution is -2.03. The van der Waals surface area contributed by atoms with E-state index in [0.717, 1.165) is 11.2 Å². The number of hydrogen-bond donors (Lipinski definition) is 0. The molecule has 14 heavy (non-hydrogen) atoms. The van der Waals surface area contributed by atoms with Gasteiger partial charge in [-0.3, -0.25) is 4.68 Å². The van der Waals surface area contributed by atoms with Gasteiger partial charge in [-0.25, -0.2) is 14.6 Å². The molecular weight excluding hydrogens is 176 g/mol. The molecule has 3 heterocycles. The first kappa shape index (κ1) is 7.32. The predicted octanol–water partition coefficient (Wildman–Crippen LogP) is 1.54. The fraction of sp³-hybridized carbons (Fsp3) is 0. The van der Waals surface area contributed by atoms with Gasteiger partial charge >= 0.3 is 0 Å². The fourth-order valence-electron chi connectivity index (χ4n) is 1.49. The first-order chi connectivity index (χ1) is 6.95. The van der Waals surface area contributed by atoms with Gasteiger partial charge in [0.2, 0.25) is 0 Å². The van der Waals surface area contributed by atoms with E-state index in [-0.39, 0.29) is 0 Å². The molecule has 0 atom stereocenters. The number of nitrogens with zero attached hydrogens (tertiary/aromatic N) is 4. The summed E-state index contributed by atoms with van der Waals surface area (Å²) in [5, 5.41) is 0. The Morgan fingerprint density at radius 1 is 1.00 bits per heavy atom. The van der Waals surface area contributed by atoms with Crippen LogP contribution >= 0.6 is 0 Å². The molecule has 0 amide bonds. The van der Waals surface area contributed by atoms with Gasteiger partial charge in [0, 0.05) is 18.6 Å². The summed E-state index contributed by atoms with van der Waals surface area (Å²) in [4.78, 5) is 8.37. The highest BCUT2D eigenvalue weighted by atomic mass is 15.5. The van der Waals surface area contributed by atoms with E-state index in [1.54, 1.807) is 12.5 Å². The number of fused-ring (bicyclic) bond motifs is 1. The largest absolute Gasteiger partial charge is 0.263 e. The van der Waals surface area contributed by atoms with Crippen LogP contribution in [0.15, 0.2) is 49.2 Å². The van der Waals surface area contributed by atoms with Gasteiger partial charge in [-0.2, -0.15) is 0 Å². The third-order valence-corrected chi connectivity index (χ3v) is 2.14. The van der Waals surface area contributed by atoms with E-state index < -0.39 is 0 Å². The van der Waals surface area contributed by atoms with Crippen LogP contribution in [0.5, 0.6) is 0 Å². The van der Waals surface area contributed by atoms with Crippen LogP contribution in [0.4, 0.5) is 0 Å². The molecule has 0 N–H and O–H groups in total. The average molecular weight is 184 g/mol. The smallest absolute Gasteiger partial charge is 0.179 e. The third kappa shape index (κ3) is 0.939. The van der Waals surface area contributed by atoms with E-state index in [1.165, 1.54) is 0 Å². The first-order valence-corrected chi connectivity index (χ1v) is 4.37. The maximum atomic E-state index is 4.21. The van der Waals surface area contributed by atoms with Crippen molar-refractivity contribution >= 4 is 11.2 Å². The molecule has 0 aliphatic heterocycles. The first-order valence-electron chi connectivity index (χ1n) is 4.37. The van der Waals surface area contributed by atoms with Crippen molar-refractivity contribution in [2.75, 3.05) is 0 Å². The zero-order chi connectivity index (χ0) is 9.38. The summed E-state index contributed by atoms with van der Waals surface area (Å²) >= 11 is 0. The van der Waals surface area contributed by atoms with E-state index in [0.29, 0.717) is 0 Å². The molecule has 0 aliphatic rings. The van der Waals surface area contributed by atoms with Crippen molar-refractivity contribution in [3.05, 3.63) is 49.2 Å². The van der Waals surface area contributed by atoms with Crippen LogP contribution in [0, 0.1) is 0 Å². The highest BCUT2D eigenvalue weighted by Gasteiger charge is 2.01. The lowest BCUT2D eigenvalue weighted by Gasteiger charge is -2.03. The van der Waals surface area contributed by atoms with Crippen molar-refractivity contribution in [3.63, 3.8) is 0 Å². The van der Waals surface area contributed by atoms with Crippen LogP contribution in [0.2, 0.25) is 0 Å². The van der Waals surface area contributed by atoms with Crippen LogP contribution < -0.4 is 0 Å². The maximum absolute atomic E-state index is 4.21. The zero-order valence-corrected chi connectivity index (χ0v) is 7.41. The van der Waals surface area contributed by atoms with Gasteiger partial charge in [0.15, 0.2) is 5.65 Å². The Hall–Kier alpha value is -2.10. The van der Waals surface area contributed by atoms with Crippen molar-refractivity contribution in [3.8, 4) is 0 Å². The van der Waals surface area contributed by atoms with Crippen LogP contribution in [0.3, 0.4) is 0 Å². The summed E-state index contributed by atoms with van der Waals surface area (Å²) in [5.74, 6) is 0. The molecule has 0 spiro atoms. The Morgan fingerprint density at radius 2 is 1.86 bits per heavy atom. The number of imidazole rings is 1. The molecule has 3 aromatic heterocycles. The third-order valence-electron chi connectivity index (χ3n) is 2.14. The van der Waals surface area contributed by atoms with Crippen molar-refractivity contribution in [1.82, 2.24) is 19.3 Å². The van der Waals surface area contributed by atoms with Crippen molar-refractivity contribution in [2.45, 2.75) is 0 Å². The highest BCUT2D eigenvalue weighted by Crippen LogP contribution is 2.09. The Morgan fingerprint density at radius 3 is 2.71 bits per heavy atom. The van der Waals surface area contributed by atoms with Crippen LogP contribution in [-0.2, 0) is 0 Å². The van der Waals surface area contributed by atoms with E-state index in [9.17, 15) is 0 Å². The van der Waals surface area contributed by atoms with Gasteiger partial charge in [0.25, 0.3) is 0 Å². The average Bonchev–Trinajstić information content (AvgIpc) is 2.85. The molecular formula is C10H8N4. The number of hydrogen-bond acceptors (Lipinski definition) is 2. The minimum atomic E-state index is 0.765. The van der Waals surface area contributed by atoms with Crippen LogP contribution in [-0.4, -0.2) is 19.3 Å². The van der Waals surface area contributed by atoms with Gasteiger partial charge < -0.3 is 0 Å². The number of pyridine rings is 1. The summed E-state index contributed by atoms with van der Waals surface area (Å²) in [6, 6.07) is 7.85.